The summed E-state index contributed by atoms with van der Waals surface area (Å²) in [5, 5.41) is 7.22. The largest absolute Gasteiger partial charge is 0.450 e. The van der Waals surface area contributed by atoms with E-state index in [0.717, 1.165) is 12.8 Å². The third kappa shape index (κ3) is 8.14. The highest BCUT2D eigenvalue weighted by atomic mass is 127. The number of anilines is 1. The molecule has 2 rings (SSSR count). The molecule has 0 spiro atoms. The second kappa shape index (κ2) is 12.3. The molecule has 0 aliphatic carbocycles. The zero-order valence-corrected chi connectivity index (χ0v) is 18.9. The van der Waals surface area contributed by atoms with Crippen LogP contribution in [-0.4, -0.2) is 60.8 Å². The number of carbonyl (C=O) groups excluding carboxylic acids is 1. The van der Waals surface area contributed by atoms with Crippen LogP contribution in [0.2, 0.25) is 10.0 Å². The van der Waals surface area contributed by atoms with E-state index in [-0.39, 0.29) is 36.1 Å². The van der Waals surface area contributed by atoms with Crippen molar-refractivity contribution in [1.29, 1.82) is 0 Å². The van der Waals surface area contributed by atoms with Crippen molar-refractivity contribution in [1.82, 2.24) is 15.2 Å². The number of ether oxygens (including phenoxy) is 1. The standard InChI is InChI=1S/C16H24Cl2N6O2.HI/c1-2-26-16(25)24-7-3-12(4-8-24)23-15(19)21-6-5-20-14-13(18)9-11(17)10-22-14;/h9-10,12H,2-8H2,1H3,(H,20,22)(H3,19,21,23);1H. The van der Waals surface area contributed by atoms with Crippen LogP contribution in [0.15, 0.2) is 17.3 Å². The van der Waals surface area contributed by atoms with Gasteiger partial charge in [-0.3, -0.25) is 4.99 Å². The van der Waals surface area contributed by atoms with Gasteiger partial charge in [-0.1, -0.05) is 23.2 Å². The second-order valence-corrected chi connectivity index (χ2v) is 6.63. The summed E-state index contributed by atoms with van der Waals surface area (Å²) in [5.41, 5.74) is 5.92. The fourth-order valence-electron chi connectivity index (χ4n) is 2.57. The Hall–Kier alpha value is -1.20. The van der Waals surface area contributed by atoms with Gasteiger partial charge >= 0.3 is 6.09 Å². The van der Waals surface area contributed by atoms with Crippen LogP contribution < -0.4 is 16.4 Å². The molecule has 1 fully saturated rings. The van der Waals surface area contributed by atoms with E-state index in [0.29, 0.717) is 54.6 Å². The summed E-state index contributed by atoms with van der Waals surface area (Å²) in [4.78, 5) is 21.8. The van der Waals surface area contributed by atoms with E-state index in [2.05, 4.69) is 20.6 Å². The van der Waals surface area contributed by atoms with E-state index in [1.165, 1.54) is 6.20 Å². The third-order valence-corrected chi connectivity index (χ3v) is 4.36. The zero-order chi connectivity index (χ0) is 18.9. The summed E-state index contributed by atoms with van der Waals surface area (Å²) >= 11 is 11.8. The molecule has 1 aliphatic rings. The fourth-order valence-corrected chi connectivity index (χ4v) is 3.02. The number of hydrogen-bond donors (Lipinski definition) is 3. The van der Waals surface area contributed by atoms with E-state index >= 15 is 0 Å². The topological polar surface area (TPSA) is 105 Å². The highest BCUT2D eigenvalue weighted by Crippen LogP contribution is 2.22. The molecule has 2 heterocycles. The van der Waals surface area contributed by atoms with Crippen LogP contribution in [0, 0.1) is 0 Å². The third-order valence-electron chi connectivity index (χ3n) is 3.87. The van der Waals surface area contributed by atoms with Crippen LogP contribution in [0.1, 0.15) is 19.8 Å². The maximum atomic E-state index is 11.7. The maximum Gasteiger partial charge on any atom is 0.409 e. The Morgan fingerprint density at radius 2 is 2.15 bits per heavy atom. The van der Waals surface area contributed by atoms with Crippen molar-refractivity contribution in [3.05, 3.63) is 22.3 Å². The molecule has 1 amide bonds. The molecule has 0 atom stereocenters. The van der Waals surface area contributed by atoms with Crippen LogP contribution in [0.25, 0.3) is 0 Å². The first-order valence-electron chi connectivity index (χ1n) is 8.52. The lowest BCUT2D eigenvalue weighted by atomic mass is 10.1. The quantitative estimate of drug-likeness (QED) is 0.226. The number of aromatic nitrogens is 1. The van der Waals surface area contributed by atoms with Gasteiger partial charge in [0.05, 0.1) is 23.2 Å². The summed E-state index contributed by atoms with van der Waals surface area (Å²) < 4.78 is 5.00. The molecular weight excluding hydrogens is 506 g/mol. The van der Waals surface area contributed by atoms with Gasteiger partial charge < -0.3 is 26.0 Å². The van der Waals surface area contributed by atoms with Crippen LogP contribution in [0.3, 0.4) is 0 Å². The molecule has 1 aromatic heterocycles. The summed E-state index contributed by atoms with van der Waals surface area (Å²) in [6, 6.07) is 1.82. The Labute approximate surface area is 186 Å². The van der Waals surface area contributed by atoms with Crippen LogP contribution in [0.5, 0.6) is 0 Å². The van der Waals surface area contributed by atoms with Gasteiger partial charge in [-0.2, -0.15) is 0 Å². The van der Waals surface area contributed by atoms with Gasteiger partial charge in [0, 0.05) is 31.9 Å². The van der Waals surface area contributed by atoms with Gasteiger partial charge in [-0.15, -0.1) is 24.0 Å². The molecule has 0 radical (unpaired) electrons. The summed E-state index contributed by atoms with van der Waals surface area (Å²) in [6.45, 7) is 4.49. The van der Waals surface area contributed by atoms with E-state index in [9.17, 15) is 4.79 Å². The van der Waals surface area contributed by atoms with E-state index < -0.39 is 0 Å². The number of aliphatic imine (C=N–C) groups is 1. The van der Waals surface area contributed by atoms with E-state index in [4.69, 9.17) is 33.7 Å². The number of halogens is 3. The van der Waals surface area contributed by atoms with Gasteiger partial charge in [-0.05, 0) is 25.8 Å². The van der Waals surface area contributed by atoms with Crippen molar-refractivity contribution in [2.45, 2.75) is 25.8 Å². The van der Waals surface area contributed by atoms with Gasteiger partial charge in [0.1, 0.15) is 5.82 Å². The Morgan fingerprint density at radius 1 is 1.44 bits per heavy atom. The van der Waals surface area contributed by atoms with Crippen molar-refractivity contribution in [3.63, 3.8) is 0 Å². The average Bonchev–Trinajstić information content (AvgIpc) is 2.61. The molecular formula is C16H25Cl2IN6O2. The molecule has 1 aromatic rings. The molecule has 0 saturated carbocycles. The molecule has 0 aromatic carbocycles. The van der Waals surface area contributed by atoms with Gasteiger partial charge in [0.15, 0.2) is 5.96 Å². The molecule has 27 heavy (non-hydrogen) atoms. The Bertz CT molecular complexity index is 641. The highest BCUT2D eigenvalue weighted by molar-refractivity contribution is 14.0. The monoisotopic (exact) mass is 530 g/mol. The minimum absolute atomic E-state index is 0. The van der Waals surface area contributed by atoms with E-state index in [1.807, 2.05) is 0 Å². The molecule has 0 unspecified atom stereocenters. The number of likely N-dealkylation sites (tertiary alicyclic amines) is 1. The molecule has 4 N–H and O–H groups in total. The predicted octanol–water partition coefficient (Wildman–Crippen LogP) is 2.94. The van der Waals surface area contributed by atoms with Gasteiger partial charge in [0.2, 0.25) is 0 Å². The zero-order valence-electron chi connectivity index (χ0n) is 15.1. The number of nitrogens with one attached hydrogen (secondary N) is 2. The number of guanidine groups is 1. The van der Waals surface area contributed by atoms with E-state index in [1.54, 1.807) is 17.9 Å². The van der Waals surface area contributed by atoms with Gasteiger partial charge in [0.25, 0.3) is 0 Å². The van der Waals surface area contributed by atoms with Crippen molar-refractivity contribution in [2.75, 3.05) is 38.1 Å². The number of rotatable bonds is 6. The molecule has 8 nitrogen and oxygen atoms in total. The summed E-state index contributed by atoms with van der Waals surface area (Å²) in [6.07, 6.45) is 2.88. The SMILES string of the molecule is CCOC(=O)N1CCC(NC(N)=NCCNc2ncc(Cl)cc2Cl)CC1.I. The number of pyridine rings is 1. The predicted molar refractivity (Wildman–Crippen MR) is 119 cm³/mol. The number of piperidine rings is 1. The smallest absolute Gasteiger partial charge is 0.409 e. The number of nitrogens with zero attached hydrogens (tertiary/aromatic N) is 3. The van der Waals surface area contributed by atoms with Crippen LogP contribution >= 0.6 is 47.2 Å². The molecule has 0 bridgehead atoms. The lowest BCUT2D eigenvalue weighted by Gasteiger charge is -2.31. The van der Waals surface area contributed by atoms with Crippen molar-refractivity contribution in [3.8, 4) is 0 Å². The lowest BCUT2D eigenvalue weighted by molar-refractivity contribution is 0.0963. The molecule has 11 heteroatoms. The number of hydrogen-bond acceptors (Lipinski definition) is 5. The first-order valence-corrected chi connectivity index (χ1v) is 9.28. The number of amides is 1. The molecule has 1 saturated heterocycles. The molecule has 152 valence electrons. The number of nitrogens with two attached hydrogens (primary N) is 1. The van der Waals surface area contributed by atoms with Crippen molar-refractivity contribution < 1.29 is 9.53 Å². The summed E-state index contributed by atoms with van der Waals surface area (Å²) in [7, 11) is 0. The Morgan fingerprint density at radius 3 is 2.78 bits per heavy atom. The Balaban J connectivity index is 0.00000364. The number of carbonyl (C=O) groups is 1. The normalized spacial score (nSPS) is 15.1. The minimum atomic E-state index is -0.256. The van der Waals surface area contributed by atoms with Crippen LogP contribution in [0.4, 0.5) is 10.6 Å². The summed E-state index contributed by atoms with van der Waals surface area (Å²) in [5.74, 6) is 0.945. The lowest BCUT2D eigenvalue weighted by Crippen LogP contribution is -2.48. The molecule has 1 aliphatic heterocycles. The first kappa shape index (κ1) is 23.8. The second-order valence-electron chi connectivity index (χ2n) is 5.78. The average molecular weight is 531 g/mol. The highest BCUT2D eigenvalue weighted by Gasteiger charge is 2.23. The van der Waals surface area contributed by atoms with Gasteiger partial charge in [-0.25, -0.2) is 9.78 Å². The first-order chi connectivity index (χ1) is 12.5. The fraction of sp³-hybridized carbons (Fsp3) is 0.562. The maximum absolute atomic E-state index is 11.7. The Kier molecular flexibility index (Phi) is 10.9. The van der Waals surface area contributed by atoms with Crippen LogP contribution in [-0.2, 0) is 4.74 Å². The minimum Gasteiger partial charge on any atom is -0.450 e. The van der Waals surface area contributed by atoms with Crippen molar-refractivity contribution >= 4 is 65.0 Å². The van der Waals surface area contributed by atoms with Crippen molar-refractivity contribution in [2.24, 2.45) is 10.7 Å².